The lowest BCUT2D eigenvalue weighted by Crippen LogP contribution is -2.49. The van der Waals surface area contributed by atoms with Crippen LogP contribution in [0.4, 0.5) is 0 Å². The van der Waals surface area contributed by atoms with Crippen LogP contribution in [0.2, 0.25) is 0 Å². The van der Waals surface area contributed by atoms with Gasteiger partial charge in [-0.3, -0.25) is 0 Å². The molecule has 0 aromatic carbocycles. The Morgan fingerprint density at radius 1 is 1.56 bits per heavy atom. The van der Waals surface area contributed by atoms with E-state index in [1.54, 1.807) is 18.4 Å². The van der Waals surface area contributed by atoms with Crippen LogP contribution in [0.1, 0.15) is 25.6 Å². The third kappa shape index (κ3) is 3.55. The van der Waals surface area contributed by atoms with E-state index in [0.717, 1.165) is 13.0 Å². The van der Waals surface area contributed by atoms with Gasteiger partial charge in [0.15, 0.2) is 0 Å². The van der Waals surface area contributed by atoms with Gasteiger partial charge in [-0.2, -0.15) is 0 Å². The highest BCUT2D eigenvalue weighted by Gasteiger charge is 2.29. The lowest BCUT2D eigenvalue weighted by Gasteiger charge is -2.33. The van der Waals surface area contributed by atoms with E-state index in [4.69, 9.17) is 4.74 Å². The molecule has 1 aromatic rings. The molecule has 16 heavy (non-hydrogen) atoms. The quantitative estimate of drug-likeness (QED) is 0.869. The molecule has 2 nitrogen and oxygen atoms in total. The van der Waals surface area contributed by atoms with Crippen LogP contribution in [0.15, 0.2) is 15.9 Å². The minimum atomic E-state index is -0.153. The monoisotopic (exact) mass is 305 g/mol. The van der Waals surface area contributed by atoms with Crippen LogP contribution in [-0.2, 0) is 11.2 Å². The number of nitrogens with one attached hydrogen (secondary N) is 1. The van der Waals surface area contributed by atoms with E-state index in [1.165, 1.54) is 9.35 Å². The van der Waals surface area contributed by atoms with Gasteiger partial charge in [-0.25, -0.2) is 0 Å². The van der Waals surface area contributed by atoms with Gasteiger partial charge >= 0.3 is 0 Å². The SMILES string of the molecule is CCNC(Cc1sccc1Br)C(C)(C)OC. The number of hydrogen-bond donors (Lipinski definition) is 1. The van der Waals surface area contributed by atoms with Crippen molar-refractivity contribution in [2.75, 3.05) is 13.7 Å². The number of hydrogen-bond acceptors (Lipinski definition) is 3. The van der Waals surface area contributed by atoms with Crippen molar-refractivity contribution < 1.29 is 4.74 Å². The molecule has 0 aliphatic rings. The van der Waals surface area contributed by atoms with Gasteiger partial charge in [0, 0.05) is 28.9 Å². The van der Waals surface area contributed by atoms with Crippen LogP contribution in [0, 0.1) is 0 Å². The zero-order valence-electron chi connectivity index (χ0n) is 10.3. The molecule has 1 heterocycles. The van der Waals surface area contributed by atoms with Crippen LogP contribution in [0.5, 0.6) is 0 Å². The zero-order valence-corrected chi connectivity index (χ0v) is 12.7. The summed E-state index contributed by atoms with van der Waals surface area (Å²) in [7, 11) is 1.77. The summed E-state index contributed by atoms with van der Waals surface area (Å²) in [6, 6.07) is 2.43. The first-order valence-electron chi connectivity index (χ1n) is 5.51. The van der Waals surface area contributed by atoms with Crippen molar-refractivity contribution in [2.24, 2.45) is 0 Å². The molecule has 1 atom stereocenters. The molecular weight excluding hydrogens is 286 g/mol. The normalized spacial score (nSPS) is 14.1. The Balaban J connectivity index is 2.76. The molecule has 1 N–H and O–H groups in total. The van der Waals surface area contributed by atoms with E-state index in [2.05, 4.69) is 53.5 Å². The predicted octanol–water partition coefficient (Wildman–Crippen LogP) is 3.46. The molecule has 1 rings (SSSR count). The minimum Gasteiger partial charge on any atom is -0.377 e. The summed E-state index contributed by atoms with van der Waals surface area (Å²) < 4.78 is 6.77. The summed E-state index contributed by atoms with van der Waals surface area (Å²) >= 11 is 5.36. The van der Waals surface area contributed by atoms with Crippen LogP contribution >= 0.6 is 27.3 Å². The number of likely N-dealkylation sites (N-methyl/N-ethyl adjacent to an activating group) is 1. The molecule has 4 heteroatoms. The van der Waals surface area contributed by atoms with Crippen LogP contribution < -0.4 is 5.32 Å². The predicted molar refractivity (Wildman–Crippen MR) is 74.3 cm³/mol. The third-order valence-electron chi connectivity index (χ3n) is 2.90. The maximum atomic E-state index is 5.57. The van der Waals surface area contributed by atoms with E-state index in [-0.39, 0.29) is 5.60 Å². The van der Waals surface area contributed by atoms with E-state index in [0.29, 0.717) is 6.04 Å². The number of thiophene rings is 1. The molecule has 0 spiro atoms. The molecule has 0 aliphatic carbocycles. The lowest BCUT2D eigenvalue weighted by molar-refractivity contribution is -0.00942. The van der Waals surface area contributed by atoms with Crippen molar-refractivity contribution >= 4 is 27.3 Å². The van der Waals surface area contributed by atoms with Gasteiger partial charge in [-0.05, 0) is 47.8 Å². The fourth-order valence-corrected chi connectivity index (χ4v) is 3.17. The fourth-order valence-electron chi connectivity index (χ4n) is 1.61. The van der Waals surface area contributed by atoms with Crippen molar-refractivity contribution in [2.45, 2.75) is 38.8 Å². The highest BCUT2D eigenvalue weighted by molar-refractivity contribution is 9.10. The maximum absolute atomic E-state index is 5.57. The Morgan fingerprint density at radius 2 is 2.25 bits per heavy atom. The lowest BCUT2D eigenvalue weighted by atomic mass is 9.95. The van der Waals surface area contributed by atoms with E-state index < -0.39 is 0 Å². The first-order valence-corrected chi connectivity index (χ1v) is 7.19. The molecule has 0 saturated heterocycles. The number of halogens is 1. The van der Waals surface area contributed by atoms with Crippen molar-refractivity contribution in [3.8, 4) is 0 Å². The Hall–Kier alpha value is 0.1000. The highest BCUT2D eigenvalue weighted by atomic mass is 79.9. The summed E-state index contributed by atoms with van der Waals surface area (Å²) in [5.41, 5.74) is -0.153. The molecule has 0 aliphatic heterocycles. The van der Waals surface area contributed by atoms with Crippen molar-refractivity contribution in [1.29, 1.82) is 0 Å². The third-order valence-corrected chi connectivity index (χ3v) is 4.85. The van der Waals surface area contributed by atoms with Gasteiger partial charge in [-0.1, -0.05) is 6.92 Å². The maximum Gasteiger partial charge on any atom is 0.0778 e. The molecule has 0 fully saturated rings. The molecule has 92 valence electrons. The van der Waals surface area contributed by atoms with Crippen LogP contribution in [0.3, 0.4) is 0 Å². The second-order valence-electron chi connectivity index (χ2n) is 4.31. The molecule has 0 radical (unpaired) electrons. The zero-order chi connectivity index (χ0) is 12.2. The Labute approximate surface area is 111 Å². The minimum absolute atomic E-state index is 0.153. The molecule has 1 aromatic heterocycles. The van der Waals surface area contributed by atoms with Gasteiger partial charge in [0.05, 0.1) is 5.60 Å². The largest absolute Gasteiger partial charge is 0.377 e. The van der Waals surface area contributed by atoms with Gasteiger partial charge in [0.2, 0.25) is 0 Å². The molecule has 1 unspecified atom stereocenters. The van der Waals surface area contributed by atoms with E-state index in [9.17, 15) is 0 Å². The molecule has 0 saturated carbocycles. The second-order valence-corrected chi connectivity index (χ2v) is 6.17. The Kier molecular flexibility index (Phi) is 5.44. The second kappa shape index (κ2) is 6.15. The van der Waals surface area contributed by atoms with Crippen molar-refractivity contribution in [1.82, 2.24) is 5.32 Å². The Bertz CT molecular complexity index is 325. The van der Waals surface area contributed by atoms with Gasteiger partial charge in [0.25, 0.3) is 0 Å². The van der Waals surface area contributed by atoms with Gasteiger partial charge in [0.1, 0.15) is 0 Å². The summed E-state index contributed by atoms with van der Waals surface area (Å²) in [5.74, 6) is 0. The smallest absolute Gasteiger partial charge is 0.0778 e. The average molecular weight is 306 g/mol. The fraction of sp³-hybridized carbons (Fsp3) is 0.667. The topological polar surface area (TPSA) is 21.3 Å². The highest BCUT2D eigenvalue weighted by Crippen LogP contribution is 2.27. The van der Waals surface area contributed by atoms with E-state index in [1.807, 2.05) is 0 Å². The summed E-state index contributed by atoms with van der Waals surface area (Å²) in [4.78, 5) is 1.37. The van der Waals surface area contributed by atoms with Gasteiger partial charge < -0.3 is 10.1 Å². The molecule has 0 amide bonds. The standard InChI is InChI=1S/C12H20BrNOS/c1-5-14-11(12(2,3)15-4)8-10-9(13)6-7-16-10/h6-7,11,14H,5,8H2,1-4H3. The first-order chi connectivity index (χ1) is 7.51. The number of ether oxygens (including phenoxy) is 1. The number of rotatable bonds is 6. The summed E-state index contributed by atoms with van der Waals surface area (Å²) in [6.45, 7) is 7.34. The van der Waals surface area contributed by atoms with Crippen LogP contribution in [-0.4, -0.2) is 25.3 Å². The van der Waals surface area contributed by atoms with Crippen molar-refractivity contribution in [3.63, 3.8) is 0 Å². The first kappa shape index (κ1) is 14.2. The summed E-state index contributed by atoms with van der Waals surface area (Å²) in [5, 5.41) is 5.61. The molecular formula is C12H20BrNOS. The van der Waals surface area contributed by atoms with Gasteiger partial charge in [-0.15, -0.1) is 11.3 Å². The van der Waals surface area contributed by atoms with Crippen LogP contribution in [0.25, 0.3) is 0 Å². The number of methoxy groups -OCH3 is 1. The Morgan fingerprint density at radius 3 is 2.69 bits per heavy atom. The van der Waals surface area contributed by atoms with Crippen molar-refractivity contribution in [3.05, 3.63) is 20.8 Å². The van der Waals surface area contributed by atoms with E-state index >= 15 is 0 Å². The molecule has 0 bridgehead atoms. The summed E-state index contributed by atoms with van der Waals surface area (Å²) in [6.07, 6.45) is 0.993. The average Bonchev–Trinajstić information content (AvgIpc) is 2.64.